The largest absolute Gasteiger partial charge is 0.488 e. The van der Waals surface area contributed by atoms with Gasteiger partial charge in [0, 0.05) is 23.3 Å². The van der Waals surface area contributed by atoms with Crippen molar-refractivity contribution in [1.82, 2.24) is 25.5 Å². The molecule has 3 N–H and O–H groups in total. The fourth-order valence-electron chi connectivity index (χ4n) is 7.80. The number of alkyl carbamates (subject to hydrolysis) is 1. The zero-order chi connectivity index (χ0) is 41.0. The van der Waals surface area contributed by atoms with Gasteiger partial charge in [-0.3, -0.25) is 14.9 Å². The molecule has 0 bridgehead atoms. The maximum atomic E-state index is 14.6. The van der Waals surface area contributed by atoms with Crippen LogP contribution in [0.3, 0.4) is 0 Å². The van der Waals surface area contributed by atoms with Crippen molar-refractivity contribution in [2.75, 3.05) is 19.0 Å². The summed E-state index contributed by atoms with van der Waals surface area (Å²) in [6.45, 7) is 5.43. The lowest BCUT2D eigenvalue weighted by Crippen LogP contribution is -2.57. The van der Waals surface area contributed by atoms with Gasteiger partial charge < -0.3 is 39.2 Å². The molecule has 2 aromatic heterocycles. The molecule has 3 fully saturated rings. The van der Waals surface area contributed by atoms with Gasteiger partial charge in [-0.05, 0) is 77.3 Å². The van der Waals surface area contributed by atoms with Crippen LogP contribution in [0.4, 0.5) is 14.7 Å². The predicted octanol–water partition coefficient (Wildman–Crippen LogP) is 5.91. The number of hydrogen-bond donors (Lipinski definition) is 3. The van der Waals surface area contributed by atoms with Gasteiger partial charge in [0.15, 0.2) is 5.13 Å². The third kappa shape index (κ3) is 9.20. The second-order valence-corrected chi connectivity index (χ2v) is 16.3. The smallest absolute Gasteiger partial charge is 0.413 e. The number of anilines is 1. The van der Waals surface area contributed by atoms with Crippen molar-refractivity contribution in [3.63, 3.8) is 0 Å². The van der Waals surface area contributed by atoms with Crippen LogP contribution in [0.5, 0.6) is 5.75 Å². The molecule has 1 aliphatic carbocycles. The van der Waals surface area contributed by atoms with E-state index in [4.69, 9.17) is 28.7 Å². The number of pyridine rings is 1. The molecule has 3 aromatic rings. The fourth-order valence-corrected chi connectivity index (χ4v) is 8.49. The summed E-state index contributed by atoms with van der Waals surface area (Å²) in [5.74, 6) is -1.40. The molecule has 17 heteroatoms. The van der Waals surface area contributed by atoms with Gasteiger partial charge in [-0.2, -0.15) is 0 Å². The first-order valence-electron chi connectivity index (χ1n) is 20.0. The Morgan fingerprint density at radius 3 is 2.59 bits per heavy atom. The molecule has 2 saturated heterocycles. The number of thiazole rings is 1. The number of rotatable bonds is 8. The van der Waals surface area contributed by atoms with E-state index in [0.717, 1.165) is 44.1 Å². The molecule has 3 aliphatic heterocycles. The van der Waals surface area contributed by atoms with Gasteiger partial charge in [0.1, 0.15) is 41.8 Å². The zero-order valence-corrected chi connectivity index (χ0v) is 33.9. The van der Waals surface area contributed by atoms with Crippen molar-refractivity contribution in [2.45, 2.75) is 127 Å². The summed E-state index contributed by atoms with van der Waals surface area (Å²) in [6.07, 6.45) is 7.25. The molecule has 5 atom stereocenters. The number of ether oxygens (including phenoxy) is 5. The number of fused-ring (bicyclic) bond motifs is 3. The maximum Gasteiger partial charge on any atom is 0.413 e. The number of hydrogen-bond acceptors (Lipinski definition) is 13. The minimum Gasteiger partial charge on any atom is -0.488 e. The summed E-state index contributed by atoms with van der Waals surface area (Å²) in [5, 5.41) is 11.0. The molecule has 4 amide bonds. The van der Waals surface area contributed by atoms with Crippen LogP contribution in [0.15, 0.2) is 41.8 Å². The van der Waals surface area contributed by atoms with Gasteiger partial charge in [-0.15, -0.1) is 11.3 Å². The minimum atomic E-state index is -1.74. The van der Waals surface area contributed by atoms with Crippen LogP contribution in [-0.2, 0) is 33.3 Å². The Labute approximate surface area is 340 Å². The Morgan fingerprint density at radius 2 is 1.81 bits per heavy atom. The van der Waals surface area contributed by atoms with E-state index in [1.54, 1.807) is 31.4 Å². The molecule has 58 heavy (non-hydrogen) atoms. The van der Waals surface area contributed by atoms with Gasteiger partial charge in [0.25, 0.3) is 5.72 Å². The first-order chi connectivity index (χ1) is 27.9. The second kappa shape index (κ2) is 17.7. The molecule has 2 unspecified atom stereocenters. The molecule has 310 valence electrons. The minimum absolute atomic E-state index is 0.00408. The van der Waals surface area contributed by atoms with E-state index in [1.807, 2.05) is 31.2 Å². The van der Waals surface area contributed by atoms with Crippen LogP contribution >= 0.6 is 11.3 Å². The van der Waals surface area contributed by atoms with E-state index in [-0.39, 0.29) is 25.2 Å². The van der Waals surface area contributed by atoms with Crippen LogP contribution in [0.25, 0.3) is 22.3 Å². The highest BCUT2D eigenvalue weighted by atomic mass is 32.1. The zero-order valence-electron chi connectivity index (χ0n) is 33.1. The van der Waals surface area contributed by atoms with Gasteiger partial charge in [0.2, 0.25) is 11.8 Å². The summed E-state index contributed by atoms with van der Waals surface area (Å²) in [5.41, 5.74) is 0.780. The Hall–Kier alpha value is -5.29. The number of amides is 4. The standard InChI is InChI=1S/C41H50N6O10S/c1-23(2)54-40(52)45-38-43-30(22-58-38)29-20-32(27-16-12-13-24(3)34(27)42-29)55-26-19-31-35(48)46-41(37(50)53-4)33(57-41)18-9-7-5-6-8-17-28(36(49)47(31)21-26)44-39(51)56-25-14-10-11-15-25/h9,12-13,16,18,20,22-23,25-26,28,31,33H,5-8,10-11,14-15,17,19,21H2,1-4H3,(H,44,51)(H,46,48)(H,43,45,52)/b18-9-/t26-,28+,31?,33?,41+/m1/s1. The number of allylic oxidation sites excluding steroid dienone is 1. The number of epoxide rings is 1. The maximum absolute atomic E-state index is 14.6. The Kier molecular flexibility index (Phi) is 12.5. The third-order valence-corrected chi connectivity index (χ3v) is 11.5. The van der Waals surface area contributed by atoms with Gasteiger partial charge in [0.05, 0.1) is 31.0 Å². The number of benzene rings is 1. The van der Waals surface area contributed by atoms with Crippen molar-refractivity contribution in [3.05, 3.63) is 47.4 Å². The van der Waals surface area contributed by atoms with Crippen LogP contribution in [-0.4, -0.2) is 101 Å². The highest BCUT2D eigenvalue weighted by Crippen LogP contribution is 2.39. The average molecular weight is 819 g/mol. The summed E-state index contributed by atoms with van der Waals surface area (Å²) < 4.78 is 28.4. The quantitative estimate of drug-likeness (QED) is 0.105. The number of aromatic nitrogens is 2. The van der Waals surface area contributed by atoms with Gasteiger partial charge in [-0.1, -0.05) is 37.1 Å². The average Bonchev–Trinajstić information content (AvgIpc) is 3.63. The van der Waals surface area contributed by atoms with E-state index >= 15 is 0 Å². The number of carbonyl (C=O) groups excluding carboxylic acids is 5. The highest BCUT2D eigenvalue weighted by molar-refractivity contribution is 7.14. The first kappa shape index (κ1) is 40.9. The van der Waals surface area contributed by atoms with Crippen LogP contribution < -0.4 is 20.7 Å². The topological polar surface area (TPSA) is 200 Å². The van der Waals surface area contributed by atoms with E-state index < -0.39 is 60.0 Å². The van der Waals surface area contributed by atoms with E-state index in [1.165, 1.54) is 23.3 Å². The summed E-state index contributed by atoms with van der Waals surface area (Å²) in [6, 6.07) is 5.38. The predicted molar refractivity (Wildman–Crippen MR) is 213 cm³/mol. The van der Waals surface area contributed by atoms with Crippen LogP contribution in [0.2, 0.25) is 0 Å². The number of nitrogens with one attached hydrogen (secondary N) is 3. The van der Waals surface area contributed by atoms with Crippen molar-refractivity contribution >= 4 is 57.3 Å². The SMILES string of the molecule is COC(=O)[C@]12NC(=O)C3C[C@@H](Oc4cc(-c5csc(NC(=O)OC(C)C)n5)nc5c(C)cccc45)CN3C(=O)[C@@H](NC(=O)OC3CCCC3)CCCCC/C=C\C1O2. The second-order valence-electron chi connectivity index (χ2n) is 15.4. The number of methoxy groups -OCH3 is 1. The van der Waals surface area contributed by atoms with E-state index in [2.05, 4.69) is 20.9 Å². The molecule has 4 aliphatic rings. The molecule has 1 aromatic carbocycles. The van der Waals surface area contributed by atoms with Crippen molar-refractivity contribution < 1.29 is 47.7 Å². The summed E-state index contributed by atoms with van der Waals surface area (Å²) in [7, 11) is 1.22. The Bertz CT molecular complexity index is 2070. The lowest BCUT2D eigenvalue weighted by molar-refractivity contribution is -0.151. The normalized spacial score (nSPS) is 25.8. The first-order valence-corrected chi connectivity index (χ1v) is 20.8. The van der Waals surface area contributed by atoms with Crippen molar-refractivity contribution in [2.24, 2.45) is 0 Å². The van der Waals surface area contributed by atoms with Crippen LogP contribution in [0.1, 0.15) is 83.6 Å². The van der Waals surface area contributed by atoms with E-state index in [9.17, 15) is 24.0 Å². The molecular formula is C41H50N6O10S. The van der Waals surface area contributed by atoms with E-state index in [0.29, 0.717) is 52.4 Å². The number of para-hydroxylation sites is 1. The van der Waals surface area contributed by atoms with Gasteiger partial charge in [-0.25, -0.2) is 24.4 Å². The summed E-state index contributed by atoms with van der Waals surface area (Å²) >= 11 is 1.22. The molecule has 7 rings (SSSR count). The van der Waals surface area contributed by atoms with Crippen molar-refractivity contribution in [3.8, 4) is 17.1 Å². The molecule has 0 spiro atoms. The molecule has 5 heterocycles. The monoisotopic (exact) mass is 818 g/mol. The van der Waals surface area contributed by atoms with Crippen molar-refractivity contribution in [1.29, 1.82) is 0 Å². The number of esters is 1. The van der Waals surface area contributed by atoms with Crippen LogP contribution in [0, 0.1) is 6.92 Å². The number of aryl methyl sites for hydroxylation is 1. The fraction of sp³-hybridized carbons (Fsp3) is 0.537. The molecule has 0 radical (unpaired) electrons. The Morgan fingerprint density at radius 1 is 1.02 bits per heavy atom. The molecule has 16 nitrogen and oxygen atoms in total. The van der Waals surface area contributed by atoms with Gasteiger partial charge >= 0.3 is 18.2 Å². The molecule has 1 saturated carbocycles. The Balaban J connectivity index is 1.19. The number of carbonyl (C=O) groups is 5. The third-order valence-electron chi connectivity index (χ3n) is 10.8. The lowest BCUT2D eigenvalue weighted by Gasteiger charge is -2.29. The lowest BCUT2D eigenvalue weighted by atomic mass is 10.1. The highest BCUT2D eigenvalue weighted by Gasteiger charge is 2.65. The number of nitrogens with zero attached hydrogens (tertiary/aromatic N) is 3. The summed E-state index contributed by atoms with van der Waals surface area (Å²) in [4.78, 5) is 78.3. The molecular weight excluding hydrogens is 769 g/mol.